The third kappa shape index (κ3) is 4.53. The number of carbonyl (C=O) groups excluding carboxylic acids is 1. The normalized spacial score (nSPS) is 15.9. The zero-order valence-corrected chi connectivity index (χ0v) is 16.6. The Labute approximate surface area is 170 Å². The van der Waals surface area contributed by atoms with Gasteiger partial charge in [-0.05, 0) is 36.0 Å². The molecule has 1 heterocycles. The van der Waals surface area contributed by atoms with Gasteiger partial charge in [0.1, 0.15) is 5.75 Å². The number of piperazine rings is 1. The second-order valence-corrected chi connectivity index (χ2v) is 7.53. The van der Waals surface area contributed by atoms with Crippen LogP contribution in [0.3, 0.4) is 0 Å². The van der Waals surface area contributed by atoms with Crippen molar-refractivity contribution >= 4 is 28.5 Å². The van der Waals surface area contributed by atoms with E-state index in [9.17, 15) is 9.90 Å². The highest BCUT2D eigenvalue weighted by Gasteiger charge is 2.17. The second-order valence-electron chi connectivity index (χ2n) is 7.53. The summed E-state index contributed by atoms with van der Waals surface area (Å²) in [5, 5.41) is 12.3. The quantitative estimate of drug-likeness (QED) is 0.535. The number of hydrogen-bond donors (Lipinski definition) is 1. The summed E-state index contributed by atoms with van der Waals surface area (Å²) in [6.07, 6.45) is 1.67. The molecule has 29 heavy (non-hydrogen) atoms. The Morgan fingerprint density at radius 2 is 1.83 bits per heavy atom. The minimum absolute atomic E-state index is 0.111. The Hall–Kier alpha value is -3.02. The first-order chi connectivity index (χ1) is 14.1. The average Bonchev–Trinajstić information content (AvgIpc) is 2.75. The van der Waals surface area contributed by atoms with Gasteiger partial charge in [0.25, 0.3) is 0 Å². The van der Waals surface area contributed by atoms with Crippen molar-refractivity contribution in [1.29, 1.82) is 0 Å². The molecule has 3 aromatic carbocycles. The Morgan fingerprint density at radius 3 is 2.66 bits per heavy atom. The van der Waals surface area contributed by atoms with Gasteiger partial charge in [0.05, 0.1) is 12.2 Å². The van der Waals surface area contributed by atoms with Crippen molar-refractivity contribution in [1.82, 2.24) is 9.80 Å². The Morgan fingerprint density at radius 1 is 1.03 bits per heavy atom. The molecule has 0 aromatic heterocycles. The number of carbonyl (C=O) groups is 1. The number of fused-ring (bicyclic) bond motifs is 1. The van der Waals surface area contributed by atoms with E-state index in [0.717, 1.165) is 37.0 Å². The highest BCUT2D eigenvalue weighted by Crippen LogP contribution is 2.26. The van der Waals surface area contributed by atoms with E-state index in [1.54, 1.807) is 12.3 Å². The predicted octanol–water partition coefficient (Wildman–Crippen LogP) is 3.73. The fourth-order valence-electron chi connectivity index (χ4n) is 3.62. The lowest BCUT2D eigenvalue weighted by atomic mass is 10.0. The molecule has 0 saturated carbocycles. The van der Waals surface area contributed by atoms with Gasteiger partial charge in [-0.2, -0.15) is 0 Å². The fraction of sp³-hybridized carbons (Fsp3) is 0.250. The van der Waals surface area contributed by atoms with Gasteiger partial charge in [-0.1, -0.05) is 42.5 Å². The highest BCUT2D eigenvalue weighted by molar-refractivity contribution is 6.03. The van der Waals surface area contributed by atoms with Crippen molar-refractivity contribution in [2.24, 2.45) is 4.99 Å². The van der Waals surface area contributed by atoms with E-state index in [-0.39, 0.29) is 11.5 Å². The Balaban J connectivity index is 1.52. The largest absolute Gasteiger partial charge is 0.507 e. The number of phenolic OH excluding ortho intramolecular Hbond substituents is 1. The summed E-state index contributed by atoms with van der Waals surface area (Å²) in [4.78, 5) is 21.7. The van der Waals surface area contributed by atoms with Crippen LogP contribution < -0.4 is 0 Å². The summed E-state index contributed by atoms with van der Waals surface area (Å²) in [5.74, 6) is 0.300. The number of hydrogen-bond acceptors (Lipinski definition) is 5. The first kappa shape index (κ1) is 19.3. The molecule has 0 aliphatic carbocycles. The first-order valence-electron chi connectivity index (χ1n) is 9.89. The van der Waals surface area contributed by atoms with Crippen LogP contribution in [0.2, 0.25) is 0 Å². The van der Waals surface area contributed by atoms with Crippen LogP contribution in [0.15, 0.2) is 65.7 Å². The van der Waals surface area contributed by atoms with Gasteiger partial charge < -0.3 is 10.0 Å². The summed E-state index contributed by atoms with van der Waals surface area (Å²) in [6, 6.07) is 18.8. The number of ketones is 1. The van der Waals surface area contributed by atoms with E-state index in [1.165, 1.54) is 0 Å². The minimum Gasteiger partial charge on any atom is -0.507 e. The molecule has 0 unspecified atom stereocenters. The number of aliphatic imine (C=N–C) groups is 1. The maximum Gasteiger partial charge on any atom is 0.176 e. The lowest BCUT2D eigenvalue weighted by Gasteiger charge is -2.31. The molecule has 5 heteroatoms. The van der Waals surface area contributed by atoms with Gasteiger partial charge in [-0.25, -0.2) is 0 Å². The molecule has 5 nitrogen and oxygen atoms in total. The smallest absolute Gasteiger partial charge is 0.176 e. The van der Waals surface area contributed by atoms with Gasteiger partial charge in [-0.15, -0.1) is 0 Å². The van der Waals surface area contributed by atoms with Crippen molar-refractivity contribution in [2.75, 3.05) is 39.8 Å². The number of Topliss-reactive ketones (excluding diaryl/α,β-unsaturated/α-hetero) is 1. The molecule has 148 valence electrons. The SMILES string of the molecule is CN1CCN(CC(=O)c2cccc(N=Cc3c(O)ccc4ccccc34)c2)CC1. The fourth-order valence-corrected chi connectivity index (χ4v) is 3.62. The van der Waals surface area contributed by atoms with Crippen LogP contribution in [0.5, 0.6) is 5.75 Å². The predicted molar refractivity (Wildman–Crippen MR) is 118 cm³/mol. The third-order valence-electron chi connectivity index (χ3n) is 5.42. The molecular formula is C24H25N3O2. The summed E-state index contributed by atoms with van der Waals surface area (Å²) >= 11 is 0. The van der Waals surface area contributed by atoms with Crippen molar-refractivity contribution < 1.29 is 9.90 Å². The van der Waals surface area contributed by atoms with Gasteiger partial charge >= 0.3 is 0 Å². The van der Waals surface area contributed by atoms with Crippen molar-refractivity contribution in [3.05, 3.63) is 71.8 Å². The van der Waals surface area contributed by atoms with Crippen LogP contribution in [0.25, 0.3) is 10.8 Å². The molecule has 1 saturated heterocycles. The summed E-state index contributed by atoms with van der Waals surface area (Å²) in [5.41, 5.74) is 2.04. The van der Waals surface area contributed by atoms with Crippen LogP contribution in [0.4, 0.5) is 5.69 Å². The van der Waals surface area contributed by atoms with Crippen molar-refractivity contribution in [3.8, 4) is 5.75 Å². The molecule has 1 fully saturated rings. The minimum atomic E-state index is 0.111. The Bertz CT molecular complexity index is 1050. The van der Waals surface area contributed by atoms with Gasteiger partial charge in [0.2, 0.25) is 0 Å². The maximum atomic E-state index is 12.7. The van der Waals surface area contributed by atoms with Crippen LogP contribution in [-0.4, -0.2) is 66.7 Å². The highest BCUT2D eigenvalue weighted by atomic mass is 16.3. The maximum absolute atomic E-state index is 12.7. The molecule has 3 aromatic rings. The number of nitrogens with zero attached hydrogens (tertiary/aromatic N) is 3. The summed E-state index contributed by atoms with van der Waals surface area (Å²) in [6.45, 7) is 4.25. The van der Waals surface area contributed by atoms with E-state index in [1.807, 2.05) is 54.6 Å². The number of aromatic hydroxyl groups is 1. The van der Waals surface area contributed by atoms with Crippen molar-refractivity contribution in [2.45, 2.75) is 0 Å². The molecule has 0 atom stereocenters. The lowest BCUT2D eigenvalue weighted by molar-refractivity contribution is 0.0876. The number of benzene rings is 3. The van der Waals surface area contributed by atoms with E-state index in [4.69, 9.17) is 0 Å². The number of likely N-dealkylation sites (N-methyl/N-ethyl adjacent to an activating group) is 1. The molecule has 1 aliphatic rings. The molecule has 0 spiro atoms. The van der Waals surface area contributed by atoms with Crippen LogP contribution in [0, 0.1) is 0 Å². The molecule has 1 aliphatic heterocycles. The summed E-state index contributed by atoms with van der Waals surface area (Å²) in [7, 11) is 2.11. The second kappa shape index (κ2) is 8.55. The van der Waals surface area contributed by atoms with Gasteiger partial charge in [-0.3, -0.25) is 14.7 Å². The topological polar surface area (TPSA) is 56.1 Å². The number of rotatable bonds is 5. The van der Waals surface area contributed by atoms with Crippen LogP contribution in [0.1, 0.15) is 15.9 Å². The average molecular weight is 387 g/mol. The molecule has 4 rings (SSSR count). The zero-order valence-electron chi connectivity index (χ0n) is 16.6. The van der Waals surface area contributed by atoms with Crippen LogP contribution in [-0.2, 0) is 0 Å². The van der Waals surface area contributed by atoms with E-state index in [0.29, 0.717) is 23.4 Å². The molecule has 0 amide bonds. The van der Waals surface area contributed by atoms with E-state index in [2.05, 4.69) is 21.8 Å². The van der Waals surface area contributed by atoms with E-state index >= 15 is 0 Å². The van der Waals surface area contributed by atoms with Crippen LogP contribution >= 0.6 is 0 Å². The third-order valence-corrected chi connectivity index (χ3v) is 5.42. The first-order valence-corrected chi connectivity index (χ1v) is 9.89. The monoisotopic (exact) mass is 387 g/mol. The molecule has 0 bridgehead atoms. The van der Waals surface area contributed by atoms with Gasteiger partial charge in [0.15, 0.2) is 5.78 Å². The van der Waals surface area contributed by atoms with E-state index < -0.39 is 0 Å². The standard InChI is InChI=1S/C24H25N3O2/c1-26-11-13-27(14-12-26)17-24(29)19-6-4-7-20(15-19)25-16-22-21-8-3-2-5-18(21)9-10-23(22)28/h2-10,15-16,28H,11-14,17H2,1H3. The lowest BCUT2D eigenvalue weighted by Crippen LogP contribution is -2.46. The molecule has 0 radical (unpaired) electrons. The molecule has 1 N–H and O–H groups in total. The molecular weight excluding hydrogens is 362 g/mol. The van der Waals surface area contributed by atoms with Gasteiger partial charge in [0, 0.05) is 43.5 Å². The zero-order chi connectivity index (χ0) is 20.2. The Kier molecular flexibility index (Phi) is 5.69. The summed E-state index contributed by atoms with van der Waals surface area (Å²) < 4.78 is 0. The number of phenols is 1. The van der Waals surface area contributed by atoms with Crippen molar-refractivity contribution in [3.63, 3.8) is 0 Å².